The Balaban J connectivity index is 1.18. The van der Waals surface area contributed by atoms with Crippen molar-refractivity contribution in [1.29, 1.82) is 0 Å². The fraction of sp³-hybridized carbons (Fsp3) is 0.719. The molecular weight excluding hydrogens is 508 g/mol. The molecule has 4 aliphatic rings. The minimum absolute atomic E-state index is 0.0447. The van der Waals surface area contributed by atoms with E-state index >= 15 is 0 Å². The van der Waals surface area contributed by atoms with Gasteiger partial charge in [0.2, 0.25) is 0 Å². The molecule has 0 saturated heterocycles. The summed E-state index contributed by atoms with van der Waals surface area (Å²) in [5, 5.41) is 6.33. The minimum Gasteiger partial charge on any atom is -0.462 e. The summed E-state index contributed by atoms with van der Waals surface area (Å²) in [5.74, 6) is 1.28. The lowest BCUT2D eigenvalue weighted by Crippen LogP contribution is -2.58. The summed E-state index contributed by atoms with van der Waals surface area (Å²) in [6, 6.07) is 9.09. The van der Waals surface area contributed by atoms with Gasteiger partial charge in [-0.1, -0.05) is 49.4 Å². The predicted octanol–water partition coefficient (Wildman–Crippen LogP) is 6.21. The van der Waals surface area contributed by atoms with Crippen LogP contribution in [-0.2, 0) is 25.7 Å². The zero-order valence-electron chi connectivity index (χ0n) is 24.3. The Hall–Kier alpha value is -2.77. The molecular formula is C32H44N2O6. The summed E-state index contributed by atoms with van der Waals surface area (Å²) in [6.07, 6.45) is 5.69. The number of alkyl carbamates (subject to hydrolysis) is 1. The Morgan fingerprint density at radius 1 is 1.02 bits per heavy atom. The summed E-state index contributed by atoms with van der Waals surface area (Å²) in [5.41, 5.74) is -0.332. The Morgan fingerprint density at radius 2 is 1.77 bits per heavy atom. The summed E-state index contributed by atoms with van der Waals surface area (Å²) in [7, 11) is 0. The first-order chi connectivity index (χ1) is 19.0. The van der Waals surface area contributed by atoms with Gasteiger partial charge in [0, 0.05) is 18.4 Å². The van der Waals surface area contributed by atoms with E-state index in [0.717, 1.165) is 44.1 Å². The standard InChI is InChI=1S/C32H44N2O6/c1-30(2,19-33-29(37)39-18-20-8-6-5-7-9-20)28(36)40-21-12-14-31(3)24-13-15-32(4)23(10-11-27(32)35)22(24)17-26(34-38)25(31)16-21/h5-9,21-26H,10-19H2,1-4H3,(H,33,37)/t21-,22-,23-,24-,25?,26?,31+,32-/m0/s1. The molecule has 4 saturated carbocycles. The van der Waals surface area contributed by atoms with Crippen molar-refractivity contribution in [1.82, 2.24) is 5.32 Å². The van der Waals surface area contributed by atoms with Gasteiger partial charge >= 0.3 is 12.1 Å². The second-order valence-corrected chi connectivity index (χ2v) is 13.9. The maximum Gasteiger partial charge on any atom is 0.407 e. The van der Waals surface area contributed by atoms with E-state index in [0.29, 0.717) is 36.4 Å². The number of nitroso groups, excluding NO2 is 1. The summed E-state index contributed by atoms with van der Waals surface area (Å²) in [6.45, 7) is 8.22. The van der Waals surface area contributed by atoms with Gasteiger partial charge < -0.3 is 14.8 Å². The van der Waals surface area contributed by atoms with Crippen molar-refractivity contribution < 1.29 is 23.9 Å². The minimum atomic E-state index is -0.935. The first-order valence-corrected chi connectivity index (χ1v) is 15.0. The van der Waals surface area contributed by atoms with Crippen LogP contribution in [0.3, 0.4) is 0 Å². The summed E-state index contributed by atoms with van der Waals surface area (Å²) < 4.78 is 11.3. The van der Waals surface area contributed by atoms with Crippen LogP contribution in [0.15, 0.2) is 35.5 Å². The molecule has 40 heavy (non-hydrogen) atoms. The van der Waals surface area contributed by atoms with Gasteiger partial charge in [-0.3, -0.25) is 9.59 Å². The molecule has 0 radical (unpaired) electrons. The van der Waals surface area contributed by atoms with E-state index in [1.165, 1.54) is 0 Å². The van der Waals surface area contributed by atoms with Crippen molar-refractivity contribution in [3.05, 3.63) is 40.8 Å². The van der Waals surface area contributed by atoms with Crippen LogP contribution >= 0.6 is 0 Å². The van der Waals surface area contributed by atoms with Crippen LogP contribution in [0.2, 0.25) is 0 Å². The second kappa shape index (κ2) is 10.9. The Labute approximate surface area is 237 Å². The number of ketones is 1. The number of carbonyl (C=O) groups is 3. The van der Waals surface area contributed by atoms with Crippen molar-refractivity contribution >= 4 is 17.8 Å². The lowest BCUT2D eigenvalue weighted by atomic mass is 9.44. The number of carbonyl (C=O) groups excluding carboxylic acids is 3. The number of nitrogens with one attached hydrogen (secondary N) is 1. The van der Waals surface area contributed by atoms with E-state index < -0.39 is 11.5 Å². The zero-order valence-corrected chi connectivity index (χ0v) is 24.3. The number of esters is 1. The first kappa shape index (κ1) is 28.7. The van der Waals surface area contributed by atoms with Gasteiger partial charge in [-0.25, -0.2) is 4.79 Å². The lowest BCUT2D eigenvalue weighted by Gasteiger charge is -2.61. The smallest absolute Gasteiger partial charge is 0.407 e. The molecule has 218 valence electrons. The number of Topliss-reactive ketones (excluding diaryl/α,β-unsaturated/α-hetero) is 1. The molecule has 4 fully saturated rings. The highest BCUT2D eigenvalue weighted by molar-refractivity contribution is 5.87. The van der Waals surface area contributed by atoms with E-state index in [-0.39, 0.29) is 48.0 Å². The summed E-state index contributed by atoms with van der Waals surface area (Å²) in [4.78, 5) is 50.3. The maximum absolute atomic E-state index is 13.2. The number of hydrogen-bond acceptors (Lipinski definition) is 7. The molecule has 1 aromatic rings. The number of fused-ring (bicyclic) bond motifs is 5. The van der Waals surface area contributed by atoms with Crippen LogP contribution in [0, 0.1) is 44.8 Å². The van der Waals surface area contributed by atoms with Gasteiger partial charge in [-0.2, -0.15) is 4.91 Å². The fourth-order valence-corrected chi connectivity index (χ4v) is 8.71. The summed E-state index contributed by atoms with van der Waals surface area (Å²) >= 11 is 0. The van der Waals surface area contributed by atoms with Crippen molar-refractivity contribution in [2.75, 3.05) is 6.54 Å². The molecule has 1 aromatic carbocycles. The Bertz CT molecular complexity index is 1140. The number of amides is 1. The molecule has 8 nitrogen and oxygen atoms in total. The SMILES string of the molecule is CC(C)(CNC(=O)OCc1ccccc1)C(=O)O[C@H]1CC[C@@]2(C)C(C1)C(N=O)C[C@@H]1[C@@H]2CC[C@]2(C)C(=O)CC[C@@H]12. The number of benzene rings is 1. The van der Waals surface area contributed by atoms with Crippen LogP contribution in [0.5, 0.6) is 0 Å². The number of hydrogen-bond donors (Lipinski definition) is 1. The van der Waals surface area contributed by atoms with Crippen molar-refractivity contribution in [3.8, 4) is 0 Å². The topological polar surface area (TPSA) is 111 Å². The average molecular weight is 553 g/mol. The lowest BCUT2D eigenvalue weighted by molar-refractivity contribution is -0.172. The van der Waals surface area contributed by atoms with Gasteiger partial charge in [0.15, 0.2) is 0 Å². The van der Waals surface area contributed by atoms with Crippen molar-refractivity contribution in [3.63, 3.8) is 0 Å². The van der Waals surface area contributed by atoms with E-state index in [4.69, 9.17) is 9.47 Å². The largest absolute Gasteiger partial charge is 0.462 e. The first-order valence-electron chi connectivity index (χ1n) is 15.0. The Kier molecular flexibility index (Phi) is 7.83. The van der Waals surface area contributed by atoms with Crippen LogP contribution < -0.4 is 5.32 Å². The molecule has 8 atom stereocenters. The third kappa shape index (κ3) is 5.18. The molecule has 0 heterocycles. The highest BCUT2D eigenvalue weighted by atomic mass is 16.6. The molecule has 0 spiro atoms. The fourth-order valence-electron chi connectivity index (χ4n) is 8.71. The van der Waals surface area contributed by atoms with Gasteiger partial charge in [-0.05, 0) is 93.4 Å². The number of rotatable bonds is 7. The number of nitrogens with zero attached hydrogens (tertiary/aromatic N) is 1. The maximum atomic E-state index is 13.2. The highest BCUT2D eigenvalue weighted by Gasteiger charge is 2.63. The van der Waals surface area contributed by atoms with Crippen molar-refractivity contribution in [2.45, 2.75) is 97.8 Å². The van der Waals surface area contributed by atoms with Crippen LogP contribution in [0.25, 0.3) is 0 Å². The third-order valence-corrected chi connectivity index (χ3v) is 11.2. The number of ether oxygens (including phenoxy) is 2. The monoisotopic (exact) mass is 552 g/mol. The molecule has 0 aromatic heterocycles. The molecule has 4 aliphatic carbocycles. The van der Waals surface area contributed by atoms with E-state index in [1.54, 1.807) is 13.8 Å². The van der Waals surface area contributed by atoms with Crippen LogP contribution in [0.1, 0.15) is 84.6 Å². The van der Waals surface area contributed by atoms with Gasteiger partial charge in [-0.15, -0.1) is 0 Å². The quantitative estimate of drug-likeness (QED) is 0.318. The highest BCUT2D eigenvalue weighted by Crippen LogP contribution is 2.66. The molecule has 2 unspecified atom stereocenters. The zero-order chi connectivity index (χ0) is 28.7. The molecule has 1 amide bonds. The molecule has 0 bridgehead atoms. The van der Waals surface area contributed by atoms with E-state index in [9.17, 15) is 19.3 Å². The normalized spacial score (nSPS) is 37.0. The molecule has 5 rings (SSSR count). The van der Waals surface area contributed by atoms with E-state index in [2.05, 4.69) is 24.3 Å². The Morgan fingerprint density at radius 3 is 2.50 bits per heavy atom. The van der Waals surface area contributed by atoms with E-state index in [1.807, 2.05) is 30.3 Å². The predicted molar refractivity (Wildman–Crippen MR) is 150 cm³/mol. The van der Waals surface area contributed by atoms with Gasteiger partial charge in [0.1, 0.15) is 18.5 Å². The van der Waals surface area contributed by atoms with Gasteiger partial charge in [0.25, 0.3) is 0 Å². The molecule has 0 aliphatic heterocycles. The van der Waals surface area contributed by atoms with Gasteiger partial charge in [0.05, 0.1) is 11.5 Å². The van der Waals surface area contributed by atoms with Crippen LogP contribution in [0.4, 0.5) is 4.79 Å². The third-order valence-electron chi connectivity index (χ3n) is 11.2. The second-order valence-electron chi connectivity index (χ2n) is 13.9. The average Bonchev–Trinajstić information content (AvgIpc) is 3.25. The molecule has 1 N–H and O–H groups in total. The van der Waals surface area contributed by atoms with Crippen molar-refractivity contribution in [2.24, 2.45) is 45.1 Å². The van der Waals surface area contributed by atoms with Crippen LogP contribution in [-0.4, -0.2) is 36.5 Å². The molecule has 8 heteroatoms.